The number of rotatable bonds is 9. The van der Waals surface area contributed by atoms with Gasteiger partial charge in [0.1, 0.15) is 0 Å². The first-order valence-electron chi connectivity index (χ1n) is 5.61. The standard InChI is InChI=1S/C10H25NO3Si.ClH/c1-6-8-10-11(9-7-2)15(12-3,13-4)14-5;/h6-10H2,1-5H3;1H. The normalized spacial score (nSPS) is 11.6. The van der Waals surface area contributed by atoms with E-state index >= 15 is 0 Å². The highest BCUT2D eigenvalue weighted by Crippen LogP contribution is 2.14. The van der Waals surface area contributed by atoms with Crippen molar-refractivity contribution in [1.82, 2.24) is 4.57 Å². The molecule has 0 aromatic carbocycles. The topological polar surface area (TPSA) is 30.9 Å². The average molecular weight is 272 g/mol. The molecule has 6 heteroatoms. The summed E-state index contributed by atoms with van der Waals surface area (Å²) >= 11 is 0. The quantitative estimate of drug-likeness (QED) is 0.602. The van der Waals surface area contributed by atoms with Crippen molar-refractivity contribution in [2.45, 2.75) is 33.1 Å². The maximum atomic E-state index is 5.47. The number of hydrogen-bond acceptors (Lipinski definition) is 4. The molecule has 0 aliphatic carbocycles. The molecule has 0 atom stereocenters. The van der Waals surface area contributed by atoms with Crippen LogP contribution in [-0.2, 0) is 13.3 Å². The Balaban J connectivity index is 0. The third kappa shape index (κ3) is 5.12. The zero-order valence-electron chi connectivity index (χ0n) is 11.1. The van der Waals surface area contributed by atoms with Gasteiger partial charge in [0.05, 0.1) is 0 Å². The second kappa shape index (κ2) is 10.5. The van der Waals surface area contributed by atoms with Crippen molar-refractivity contribution in [3.05, 3.63) is 0 Å². The van der Waals surface area contributed by atoms with Crippen molar-refractivity contribution in [2.75, 3.05) is 34.4 Å². The van der Waals surface area contributed by atoms with Gasteiger partial charge in [0.2, 0.25) is 0 Å². The Hall–Kier alpha value is 0.347. The molecule has 100 valence electrons. The highest BCUT2D eigenvalue weighted by atomic mass is 35.5. The Kier molecular flexibility index (Phi) is 12.3. The van der Waals surface area contributed by atoms with Crippen molar-refractivity contribution in [3.63, 3.8) is 0 Å². The molecule has 0 heterocycles. The van der Waals surface area contributed by atoms with E-state index in [0.717, 1.165) is 25.9 Å². The molecule has 0 aromatic rings. The summed E-state index contributed by atoms with van der Waals surface area (Å²) in [5, 5.41) is 0. The maximum absolute atomic E-state index is 5.47. The Morgan fingerprint density at radius 2 is 1.38 bits per heavy atom. The van der Waals surface area contributed by atoms with E-state index in [1.165, 1.54) is 6.42 Å². The second-order valence-corrected chi connectivity index (χ2v) is 6.38. The largest absolute Gasteiger partial charge is 0.598 e. The lowest BCUT2D eigenvalue weighted by Crippen LogP contribution is -2.59. The summed E-state index contributed by atoms with van der Waals surface area (Å²) in [6, 6.07) is 0. The van der Waals surface area contributed by atoms with Gasteiger partial charge in [-0.15, -0.1) is 12.4 Å². The molecular weight excluding hydrogens is 246 g/mol. The zero-order chi connectivity index (χ0) is 11.7. The molecule has 0 saturated heterocycles. The molecule has 0 rings (SSSR count). The van der Waals surface area contributed by atoms with Gasteiger partial charge < -0.3 is 13.3 Å². The molecule has 0 radical (unpaired) electrons. The predicted octanol–water partition coefficient (Wildman–Crippen LogP) is 2.30. The van der Waals surface area contributed by atoms with Crippen LogP contribution in [0.3, 0.4) is 0 Å². The van der Waals surface area contributed by atoms with Crippen LogP contribution in [0.15, 0.2) is 0 Å². The first kappa shape index (κ1) is 18.7. The van der Waals surface area contributed by atoms with E-state index in [-0.39, 0.29) is 12.4 Å². The molecule has 4 nitrogen and oxygen atoms in total. The smallest absolute Gasteiger partial charge is 0.364 e. The first-order valence-corrected chi connectivity index (χ1v) is 7.28. The van der Waals surface area contributed by atoms with Gasteiger partial charge in [0.15, 0.2) is 0 Å². The van der Waals surface area contributed by atoms with Gasteiger partial charge in [0.25, 0.3) is 0 Å². The third-order valence-electron chi connectivity index (χ3n) is 2.44. The van der Waals surface area contributed by atoms with Crippen LogP contribution in [-0.4, -0.2) is 48.0 Å². The summed E-state index contributed by atoms with van der Waals surface area (Å²) in [6.07, 6.45) is 3.39. The highest BCUT2D eigenvalue weighted by molar-refractivity contribution is 6.57. The second-order valence-electron chi connectivity index (χ2n) is 3.48. The van der Waals surface area contributed by atoms with Gasteiger partial charge in [-0.05, 0) is 25.9 Å². The van der Waals surface area contributed by atoms with Gasteiger partial charge >= 0.3 is 8.97 Å². The van der Waals surface area contributed by atoms with Crippen molar-refractivity contribution in [1.29, 1.82) is 0 Å². The van der Waals surface area contributed by atoms with Crippen molar-refractivity contribution in [2.24, 2.45) is 0 Å². The fraction of sp³-hybridized carbons (Fsp3) is 1.00. The van der Waals surface area contributed by atoms with Crippen LogP contribution in [0, 0.1) is 0 Å². The van der Waals surface area contributed by atoms with Crippen LogP contribution in [0.4, 0.5) is 0 Å². The summed E-state index contributed by atoms with van der Waals surface area (Å²) in [4.78, 5) is 0. The Bertz CT molecular complexity index is 151. The van der Waals surface area contributed by atoms with E-state index in [2.05, 4.69) is 18.4 Å². The molecule has 0 amide bonds. The van der Waals surface area contributed by atoms with Gasteiger partial charge in [-0.25, -0.2) is 0 Å². The summed E-state index contributed by atoms with van der Waals surface area (Å²) < 4.78 is 18.6. The van der Waals surface area contributed by atoms with Crippen LogP contribution in [0.1, 0.15) is 33.1 Å². The van der Waals surface area contributed by atoms with Gasteiger partial charge in [0, 0.05) is 21.3 Å². The number of unbranched alkanes of at least 4 members (excludes halogenated alkanes) is 1. The Morgan fingerprint density at radius 1 is 0.875 bits per heavy atom. The summed E-state index contributed by atoms with van der Waals surface area (Å²) in [5.74, 6) is 0. The molecular formula is C10H26ClNO3Si. The minimum absolute atomic E-state index is 0. The van der Waals surface area contributed by atoms with Gasteiger partial charge in [-0.1, -0.05) is 20.3 Å². The van der Waals surface area contributed by atoms with E-state index in [1.54, 1.807) is 21.3 Å². The summed E-state index contributed by atoms with van der Waals surface area (Å²) in [6.45, 7) is 6.27. The third-order valence-corrected chi connectivity index (χ3v) is 5.21. The highest BCUT2D eigenvalue weighted by Gasteiger charge is 2.45. The number of halogens is 1. The van der Waals surface area contributed by atoms with E-state index in [1.807, 2.05) is 0 Å². The van der Waals surface area contributed by atoms with Gasteiger partial charge in [-0.3, -0.25) is 4.57 Å². The minimum Gasteiger partial charge on any atom is -0.364 e. The van der Waals surface area contributed by atoms with Crippen LogP contribution in [0.5, 0.6) is 0 Å². The fourth-order valence-electron chi connectivity index (χ4n) is 1.64. The number of nitrogens with zero attached hydrogens (tertiary/aromatic N) is 1. The molecule has 0 saturated carbocycles. The first-order chi connectivity index (χ1) is 7.20. The van der Waals surface area contributed by atoms with E-state index in [4.69, 9.17) is 13.3 Å². The van der Waals surface area contributed by atoms with Crippen LogP contribution < -0.4 is 0 Å². The molecule has 16 heavy (non-hydrogen) atoms. The van der Waals surface area contributed by atoms with E-state index in [0.29, 0.717) is 0 Å². The molecule has 0 aromatic heterocycles. The lowest BCUT2D eigenvalue weighted by Gasteiger charge is -2.35. The molecule has 0 N–H and O–H groups in total. The monoisotopic (exact) mass is 271 g/mol. The molecule has 0 aliphatic rings. The average Bonchev–Trinajstić information content (AvgIpc) is 2.28. The zero-order valence-corrected chi connectivity index (χ0v) is 12.9. The predicted molar refractivity (Wildman–Crippen MR) is 70.8 cm³/mol. The Morgan fingerprint density at radius 3 is 1.69 bits per heavy atom. The van der Waals surface area contributed by atoms with Crippen molar-refractivity contribution in [3.8, 4) is 0 Å². The van der Waals surface area contributed by atoms with Crippen LogP contribution in [0.2, 0.25) is 0 Å². The van der Waals surface area contributed by atoms with Crippen molar-refractivity contribution < 1.29 is 13.3 Å². The van der Waals surface area contributed by atoms with Crippen LogP contribution in [0.25, 0.3) is 0 Å². The minimum atomic E-state index is -2.57. The Labute approximate surface area is 107 Å². The lowest BCUT2D eigenvalue weighted by molar-refractivity contribution is 0.0567. The molecule has 0 fully saturated rings. The van der Waals surface area contributed by atoms with Gasteiger partial charge in [-0.2, -0.15) is 0 Å². The van der Waals surface area contributed by atoms with Crippen LogP contribution >= 0.6 is 12.4 Å². The fourth-order valence-corrected chi connectivity index (χ4v) is 3.85. The molecule has 0 spiro atoms. The van der Waals surface area contributed by atoms with E-state index in [9.17, 15) is 0 Å². The number of hydrogen-bond donors (Lipinski definition) is 0. The molecule has 0 bridgehead atoms. The maximum Gasteiger partial charge on any atom is 0.598 e. The molecule has 0 aliphatic heterocycles. The summed E-state index contributed by atoms with van der Waals surface area (Å²) in [5.41, 5.74) is 0. The lowest BCUT2D eigenvalue weighted by atomic mass is 10.3. The SMILES string of the molecule is CCCCN(CCC)[Si](OC)(OC)OC.Cl. The summed E-state index contributed by atoms with van der Waals surface area (Å²) in [7, 11) is 2.41. The van der Waals surface area contributed by atoms with Crippen molar-refractivity contribution >= 4 is 21.4 Å². The van der Waals surface area contributed by atoms with E-state index < -0.39 is 8.97 Å². The molecule has 0 unspecified atom stereocenters.